The molecule has 0 heterocycles. The van der Waals surface area contributed by atoms with Crippen LogP contribution < -0.4 is 5.32 Å². The maximum absolute atomic E-state index is 13.5. The van der Waals surface area contributed by atoms with E-state index in [0.717, 1.165) is 22.3 Å². The molecule has 0 bridgehead atoms. The highest BCUT2D eigenvalue weighted by molar-refractivity contribution is 7.99. The topological polar surface area (TPSA) is 92.6 Å². The van der Waals surface area contributed by atoms with Gasteiger partial charge in [-0.2, -0.15) is 0 Å². The first-order chi connectivity index (χ1) is 16.9. The number of nitro groups is 1. The van der Waals surface area contributed by atoms with Gasteiger partial charge in [-0.25, -0.2) is 0 Å². The van der Waals surface area contributed by atoms with E-state index in [9.17, 15) is 19.7 Å². The summed E-state index contributed by atoms with van der Waals surface area (Å²) in [5, 5.41) is 13.6. The van der Waals surface area contributed by atoms with Crippen molar-refractivity contribution in [3.63, 3.8) is 0 Å². The second-order valence-corrected chi connectivity index (χ2v) is 9.23. The highest BCUT2D eigenvalue weighted by Gasteiger charge is 2.29. The van der Waals surface area contributed by atoms with Gasteiger partial charge in [0.15, 0.2) is 0 Å². The number of hydrogen-bond acceptors (Lipinski definition) is 5. The summed E-state index contributed by atoms with van der Waals surface area (Å²) in [7, 11) is 1.58. The van der Waals surface area contributed by atoms with Crippen molar-refractivity contribution in [2.24, 2.45) is 0 Å². The van der Waals surface area contributed by atoms with Crippen LogP contribution in [-0.2, 0) is 28.3 Å². The van der Waals surface area contributed by atoms with E-state index in [0.29, 0.717) is 18.7 Å². The number of hydrogen-bond donors (Lipinski definition) is 1. The second kappa shape index (κ2) is 12.7. The van der Waals surface area contributed by atoms with Gasteiger partial charge in [-0.15, -0.1) is 11.8 Å². The summed E-state index contributed by atoms with van der Waals surface area (Å²) in [5.41, 5.74) is 3.95. The first-order valence-corrected chi connectivity index (χ1v) is 12.4. The second-order valence-electron chi connectivity index (χ2n) is 8.25. The Hall–Kier alpha value is -3.65. The van der Waals surface area contributed by atoms with Crippen LogP contribution >= 0.6 is 11.8 Å². The van der Waals surface area contributed by atoms with Crippen molar-refractivity contribution in [1.82, 2.24) is 10.2 Å². The number of nitrogens with one attached hydrogen (secondary N) is 1. The van der Waals surface area contributed by atoms with Gasteiger partial charge < -0.3 is 10.2 Å². The standard InChI is InChI=1S/C27H29N3O4S/c1-20-7-6-10-23(15-20)17-29(25(27(32)28-2)16-21-8-4-3-5-9-21)26(31)19-35-18-22-11-13-24(14-12-22)30(33)34/h3-15,25H,16-19H2,1-2H3,(H,28,32). The minimum atomic E-state index is -0.657. The fraction of sp³-hybridized carbons (Fsp3) is 0.259. The molecule has 8 heteroatoms. The molecule has 3 rings (SSSR count). The Labute approximate surface area is 209 Å². The summed E-state index contributed by atoms with van der Waals surface area (Å²) in [5.74, 6) is 0.370. The molecule has 0 spiro atoms. The molecule has 0 aliphatic heterocycles. The van der Waals surface area contributed by atoms with Gasteiger partial charge >= 0.3 is 0 Å². The van der Waals surface area contributed by atoms with E-state index >= 15 is 0 Å². The highest BCUT2D eigenvalue weighted by Crippen LogP contribution is 2.20. The van der Waals surface area contributed by atoms with Gasteiger partial charge in [-0.3, -0.25) is 19.7 Å². The van der Waals surface area contributed by atoms with Crippen molar-refractivity contribution in [2.45, 2.75) is 31.7 Å². The number of non-ortho nitro benzene ring substituents is 1. The van der Waals surface area contributed by atoms with E-state index in [1.165, 1.54) is 23.9 Å². The molecule has 0 aliphatic rings. The first kappa shape index (κ1) is 26.0. The predicted molar refractivity (Wildman–Crippen MR) is 139 cm³/mol. The minimum Gasteiger partial charge on any atom is -0.357 e. The van der Waals surface area contributed by atoms with Gasteiger partial charge in [0, 0.05) is 37.9 Å². The molecule has 0 fully saturated rings. The van der Waals surface area contributed by atoms with Crippen LogP contribution in [0.4, 0.5) is 5.69 Å². The van der Waals surface area contributed by atoms with Crippen LogP contribution in [0.5, 0.6) is 0 Å². The molecule has 1 atom stereocenters. The zero-order valence-electron chi connectivity index (χ0n) is 19.8. The van der Waals surface area contributed by atoms with Crippen LogP contribution in [-0.4, -0.2) is 40.5 Å². The van der Waals surface area contributed by atoms with Crippen LogP contribution in [0.1, 0.15) is 22.3 Å². The first-order valence-electron chi connectivity index (χ1n) is 11.3. The Balaban J connectivity index is 1.78. The highest BCUT2D eigenvalue weighted by atomic mass is 32.2. The Morgan fingerprint density at radius 2 is 1.66 bits per heavy atom. The van der Waals surface area contributed by atoms with Crippen molar-refractivity contribution in [3.05, 3.63) is 111 Å². The number of rotatable bonds is 11. The molecule has 0 saturated heterocycles. The SMILES string of the molecule is CNC(=O)C(Cc1ccccc1)N(Cc1cccc(C)c1)C(=O)CSCc1ccc([N+](=O)[O-])cc1. The molecular weight excluding hydrogens is 462 g/mol. The molecule has 7 nitrogen and oxygen atoms in total. The summed E-state index contributed by atoms with van der Waals surface area (Å²) in [6, 6.07) is 23.2. The molecule has 0 aliphatic carbocycles. The van der Waals surface area contributed by atoms with E-state index in [-0.39, 0.29) is 23.3 Å². The third kappa shape index (κ3) is 7.68. The van der Waals surface area contributed by atoms with Gasteiger partial charge in [-0.05, 0) is 23.6 Å². The number of aryl methyl sites for hydroxylation is 1. The molecule has 0 aromatic heterocycles. The maximum atomic E-state index is 13.5. The molecule has 3 aromatic rings. The fourth-order valence-corrected chi connectivity index (χ4v) is 4.65. The fourth-order valence-electron chi connectivity index (χ4n) is 3.78. The molecule has 1 unspecified atom stereocenters. The van der Waals surface area contributed by atoms with Crippen LogP contribution in [0.25, 0.3) is 0 Å². The minimum absolute atomic E-state index is 0.0356. The third-order valence-corrected chi connectivity index (χ3v) is 6.58. The van der Waals surface area contributed by atoms with E-state index in [4.69, 9.17) is 0 Å². The van der Waals surface area contributed by atoms with Crippen molar-refractivity contribution in [2.75, 3.05) is 12.8 Å². The molecule has 1 N–H and O–H groups in total. The van der Waals surface area contributed by atoms with Gasteiger partial charge in [-0.1, -0.05) is 72.3 Å². The lowest BCUT2D eigenvalue weighted by molar-refractivity contribution is -0.384. The molecule has 35 heavy (non-hydrogen) atoms. The Kier molecular flexibility index (Phi) is 9.43. The average Bonchev–Trinajstić information content (AvgIpc) is 2.86. The number of thioether (sulfide) groups is 1. The van der Waals surface area contributed by atoms with E-state index in [2.05, 4.69) is 5.32 Å². The number of benzene rings is 3. The van der Waals surface area contributed by atoms with Crippen molar-refractivity contribution in [1.29, 1.82) is 0 Å². The summed E-state index contributed by atoms with van der Waals surface area (Å²) >= 11 is 1.42. The van der Waals surface area contributed by atoms with E-state index in [1.54, 1.807) is 24.1 Å². The van der Waals surface area contributed by atoms with Crippen molar-refractivity contribution in [3.8, 4) is 0 Å². The number of carbonyl (C=O) groups is 2. The monoisotopic (exact) mass is 491 g/mol. The molecular formula is C27H29N3O4S. The average molecular weight is 492 g/mol. The van der Waals surface area contributed by atoms with E-state index < -0.39 is 11.0 Å². The quantitative estimate of drug-likeness (QED) is 0.314. The van der Waals surface area contributed by atoms with Gasteiger partial charge in [0.2, 0.25) is 11.8 Å². The number of amides is 2. The summed E-state index contributed by atoms with van der Waals surface area (Å²) in [6.45, 7) is 2.32. The number of likely N-dealkylation sites (N-methyl/N-ethyl adjacent to an activating group) is 1. The van der Waals surface area contributed by atoms with Gasteiger partial charge in [0.1, 0.15) is 6.04 Å². The van der Waals surface area contributed by atoms with E-state index in [1.807, 2.05) is 61.5 Å². The maximum Gasteiger partial charge on any atom is 0.269 e. The smallest absolute Gasteiger partial charge is 0.269 e. The van der Waals surface area contributed by atoms with Crippen LogP contribution in [0.3, 0.4) is 0 Å². The van der Waals surface area contributed by atoms with Gasteiger partial charge in [0.25, 0.3) is 5.69 Å². The normalized spacial score (nSPS) is 11.5. The van der Waals surface area contributed by atoms with Crippen molar-refractivity contribution < 1.29 is 14.5 Å². The third-order valence-electron chi connectivity index (χ3n) is 5.59. The largest absolute Gasteiger partial charge is 0.357 e. The molecule has 182 valence electrons. The molecule has 0 radical (unpaired) electrons. The van der Waals surface area contributed by atoms with Crippen LogP contribution in [0.2, 0.25) is 0 Å². The summed E-state index contributed by atoms with van der Waals surface area (Å²) in [4.78, 5) is 38.5. The predicted octanol–water partition coefficient (Wildman–Crippen LogP) is 4.52. The summed E-state index contributed by atoms with van der Waals surface area (Å²) < 4.78 is 0. The molecule has 2 amide bonds. The Bertz CT molecular complexity index is 1150. The van der Waals surface area contributed by atoms with Gasteiger partial charge in [0.05, 0.1) is 10.7 Å². The Morgan fingerprint density at radius 3 is 2.29 bits per heavy atom. The van der Waals surface area contributed by atoms with Crippen LogP contribution in [0, 0.1) is 17.0 Å². The molecule has 0 saturated carbocycles. The number of nitrogens with zero attached hydrogens (tertiary/aromatic N) is 2. The zero-order valence-corrected chi connectivity index (χ0v) is 20.7. The Morgan fingerprint density at radius 1 is 0.971 bits per heavy atom. The number of carbonyl (C=O) groups excluding carboxylic acids is 2. The zero-order chi connectivity index (χ0) is 25.2. The summed E-state index contributed by atoms with van der Waals surface area (Å²) in [6.07, 6.45) is 0.408. The van der Waals surface area contributed by atoms with Crippen LogP contribution in [0.15, 0.2) is 78.9 Å². The van der Waals surface area contributed by atoms with Crippen molar-refractivity contribution >= 4 is 29.3 Å². The molecule has 3 aromatic carbocycles. The lowest BCUT2D eigenvalue weighted by Crippen LogP contribution is -2.50. The lowest BCUT2D eigenvalue weighted by atomic mass is 10.0. The number of nitro benzene ring substituents is 1. The lowest BCUT2D eigenvalue weighted by Gasteiger charge is -2.31.